The maximum atomic E-state index is 10.5. The van der Waals surface area contributed by atoms with Crippen molar-refractivity contribution in [2.75, 3.05) is 17.2 Å². The molecule has 0 aromatic carbocycles. The molecule has 2 aromatic heterocycles. The van der Waals surface area contributed by atoms with Crippen LogP contribution in [0.4, 0.5) is 5.95 Å². The molecule has 2 rings (SSSR count). The van der Waals surface area contributed by atoms with Gasteiger partial charge in [0.25, 0.3) is 0 Å². The van der Waals surface area contributed by atoms with Gasteiger partial charge in [-0.2, -0.15) is 21.7 Å². The van der Waals surface area contributed by atoms with E-state index in [0.29, 0.717) is 17.6 Å². The van der Waals surface area contributed by atoms with E-state index in [-0.39, 0.29) is 11.1 Å². The molecule has 0 bridgehead atoms. The summed E-state index contributed by atoms with van der Waals surface area (Å²) in [6, 6.07) is 0. The van der Waals surface area contributed by atoms with Crippen LogP contribution < -0.4 is 5.73 Å². The van der Waals surface area contributed by atoms with Crippen LogP contribution in [0.5, 0.6) is 0 Å². The molecule has 2 heterocycles. The maximum absolute atomic E-state index is 10.5. The molecule has 0 saturated carbocycles. The number of aliphatic hydroxyl groups excluding tert-OH is 1. The van der Waals surface area contributed by atoms with Crippen LogP contribution >= 0.6 is 23.4 Å². The highest BCUT2D eigenvalue weighted by Crippen LogP contribution is 2.24. The number of hydrogen-bond donors (Lipinski definition) is 2. The number of nitrogens with two attached hydrogens (primary N) is 1. The lowest BCUT2D eigenvalue weighted by Gasteiger charge is -2.12. The molecule has 8 heteroatoms. The molecular formula is C26H46ClN5OS. The molecule has 1 atom stereocenters. The summed E-state index contributed by atoms with van der Waals surface area (Å²) < 4.78 is 1.62. The number of hydrogen-bond acceptors (Lipinski definition) is 6. The van der Waals surface area contributed by atoms with Crippen LogP contribution in [0.1, 0.15) is 122 Å². The van der Waals surface area contributed by atoms with E-state index in [4.69, 9.17) is 17.3 Å². The van der Waals surface area contributed by atoms with Gasteiger partial charge >= 0.3 is 0 Å². The molecule has 0 aliphatic heterocycles. The molecule has 1 unspecified atom stereocenters. The molecule has 34 heavy (non-hydrogen) atoms. The summed E-state index contributed by atoms with van der Waals surface area (Å²) in [7, 11) is 0. The number of aromatic nitrogens is 4. The summed E-state index contributed by atoms with van der Waals surface area (Å²) in [6.45, 7) is 2.28. The Morgan fingerprint density at radius 3 is 1.94 bits per heavy atom. The van der Waals surface area contributed by atoms with Gasteiger partial charge in [0.1, 0.15) is 11.7 Å². The summed E-state index contributed by atoms with van der Waals surface area (Å²) in [5, 5.41) is 10.7. The second-order valence-electron chi connectivity index (χ2n) is 9.38. The monoisotopic (exact) mass is 511 g/mol. The zero-order valence-electron chi connectivity index (χ0n) is 21.2. The Morgan fingerprint density at radius 2 is 1.38 bits per heavy atom. The molecule has 6 nitrogen and oxygen atoms in total. The van der Waals surface area contributed by atoms with Gasteiger partial charge in [-0.3, -0.25) is 4.57 Å². The fourth-order valence-corrected chi connectivity index (χ4v) is 5.51. The first-order valence-electron chi connectivity index (χ1n) is 13.5. The predicted octanol–water partition coefficient (Wildman–Crippen LogP) is 7.94. The number of thioether (sulfide) groups is 1. The zero-order chi connectivity index (χ0) is 24.4. The maximum Gasteiger partial charge on any atom is 0.223 e. The predicted molar refractivity (Wildman–Crippen MR) is 147 cm³/mol. The fraction of sp³-hybridized carbons (Fsp3) is 0.808. The van der Waals surface area contributed by atoms with E-state index in [2.05, 4.69) is 21.9 Å². The summed E-state index contributed by atoms with van der Waals surface area (Å²) in [6.07, 6.45) is 23.9. The van der Waals surface area contributed by atoms with Gasteiger partial charge in [-0.15, -0.1) is 0 Å². The third kappa shape index (κ3) is 11.6. The van der Waals surface area contributed by atoms with E-state index in [1.165, 1.54) is 103 Å². The Bertz CT molecular complexity index is 788. The minimum Gasteiger partial charge on any atom is -0.373 e. The number of unbranched alkanes of at least 4 members (excludes halogenated alkanes) is 15. The lowest BCUT2D eigenvalue weighted by Crippen LogP contribution is -2.09. The van der Waals surface area contributed by atoms with E-state index in [1.807, 2.05) is 11.8 Å². The normalized spacial score (nSPS) is 12.6. The molecule has 0 saturated heterocycles. The SMILES string of the molecule is CCCCCCCCCCCCCCCCCCSCCC(O)n1cnc2c(Cl)nc(N)nc21. The number of halogens is 1. The first-order valence-corrected chi connectivity index (χ1v) is 15.1. The molecular weight excluding hydrogens is 466 g/mol. The number of nitrogens with zero attached hydrogens (tertiary/aromatic N) is 4. The lowest BCUT2D eigenvalue weighted by molar-refractivity contribution is 0.105. The smallest absolute Gasteiger partial charge is 0.223 e. The summed E-state index contributed by atoms with van der Waals surface area (Å²) >= 11 is 7.95. The van der Waals surface area contributed by atoms with Crippen molar-refractivity contribution in [1.29, 1.82) is 0 Å². The molecule has 0 aliphatic rings. The van der Waals surface area contributed by atoms with Crippen LogP contribution in [0.2, 0.25) is 5.15 Å². The van der Waals surface area contributed by atoms with Crippen molar-refractivity contribution < 1.29 is 5.11 Å². The van der Waals surface area contributed by atoms with Crippen molar-refractivity contribution in [3.8, 4) is 0 Å². The molecule has 3 N–H and O–H groups in total. The quantitative estimate of drug-likeness (QED) is 0.130. The minimum atomic E-state index is -0.686. The number of imidazole rings is 1. The third-order valence-corrected chi connectivity index (χ3v) is 7.75. The number of nitrogen functional groups attached to an aromatic ring is 1. The number of fused-ring (bicyclic) bond motifs is 1. The largest absolute Gasteiger partial charge is 0.373 e. The number of aliphatic hydroxyl groups is 1. The number of rotatable bonds is 21. The summed E-state index contributed by atoms with van der Waals surface area (Å²) in [5.74, 6) is 2.13. The number of anilines is 1. The second kappa shape index (κ2) is 18.3. The van der Waals surface area contributed by atoms with Crippen LogP contribution in [0.3, 0.4) is 0 Å². The van der Waals surface area contributed by atoms with Crippen molar-refractivity contribution >= 4 is 40.5 Å². The van der Waals surface area contributed by atoms with Crippen molar-refractivity contribution in [1.82, 2.24) is 19.5 Å². The Kier molecular flexibility index (Phi) is 15.7. The molecule has 0 fully saturated rings. The van der Waals surface area contributed by atoms with E-state index in [0.717, 1.165) is 11.5 Å². The Balaban J connectivity index is 1.37. The van der Waals surface area contributed by atoms with Gasteiger partial charge in [-0.05, 0) is 17.9 Å². The third-order valence-electron chi connectivity index (χ3n) is 6.38. The van der Waals surface area contributed by atoms with E-state index < -0.39 is 6.23 Å². The first kappa shape index (κ1) is 29.2. The Hall–Kier alpha value is -1.05. The fourth-order valence-electron chi connectivity index (χ4n) is 4.30. The zero-order valence-corrected chi connectivity index (χ0v) is 22.8. The molecule has 0 aliphatic carbocycles. The summed E-state index contributed by atoms with van der Waals surface area (Å²) in [4.78, 5) is 12.3. The average molecular weight is 512 g/mol. The standard InChI is InChI=1S/C26H46ClN5OS/c1-2-3-4-5-6-7-8-9-10-11-12-13-14-15-16-17-19-34-20-18-22(33)32-21-29-23-24(27)30-26(28)31-25(23)32/h21-22,33H,2-20H2,1H3,(H2,28,30,31). The molecule has 0 spiro atoms. The lowest BCUT2D eigenvalue weighted by atomic mass is 10.0. The van der Waals surface area contributed by atoms with Gasteiger partial charge in [-0.25, -0.2) is 4.98 Å². The van der Waals surface area contributed by atoms with Crippen LogP contribution in [0.15, 0.2) is 6.33 Å². The van der Waals surface area contributed by atoms with Gasteiger partial charge in [0.2, 0.25) is 5.95 Å². The van der Waals surface area contributed by atoms with Gasteiger partial charge in [0.05, 0.1) is 6.33 Å². The Labute approximate surface area is 215 Å². The van der Waals surface area contributed by atoms with Gasteiger partial charge < -0.3 is 10.8 Å². The van der Waals surface area contributed by atoms with Crippen molar-refractivity contribution in [2.45, 2.75) is 122 Å². The highest BCUT2D eigenvalue weighted by atomic mass is 35.5. The van der Waals surface area contributed by atoms with Crippen molar-refractivity contribution in [3.05, 3.63) is 11.5 Å². The van der Waals surface area contributed by atoms with Crippen molar-refractivity contribution in [2.24, 2.45) is 0 Å². The van der Waals surface area contributed by atoms with Gasteiger partial charge in [0.15, 0.2) is 10.8 Å². The van der Waals surface area contributed by atoms with Crippen LogP contribution in [0, 0.1) is 0 Å². The summed E-state index contributed by atoms with van der Waals surface area (Å²) in [5.41, 5.74) is 6.62. The van der Waals surface area contributed by atoms with E-state index in [9.17, 15) is 5.11 Å². The first-order chi connectivity index (χ1) is 16.6. The Morgan fingerprint density at radius 1 is 0.853 bits per heavy atom. The van der Waals surface area contributed by atoms with Gasteiger partial charge in [0, 0.05) is 6.42 Å². The highest BCUT2D eigenvalue weighted by molar-refractivity contribution is 7.99. The van der Waals surface area contributed by atoms with E-state index >= 15 is 0 Å². The minimum absolute atomic E-state index is 0.0873. The van der Waals surface area contributed by atoms with Crippen LogP contribution in [-0.4, -0.2) is 36.1 Å². The highest BCUT2D eigenvalue weighted by Gasteiger charge is 2.15. The molecule has 2 aromatic rings. The second-order valence-corrected chi connectivity index (χ2v) is 11.0. The molecule has 0 amide bonds. The van der Waals surface area contributed by atoms with Crippen LogP contribution in [0.25, 0.3) is 11.2 Å². The molecule has 194 valence electrons. The molecule has 0 radical (unpaired) electrons. The topological polar surface area (TPSA) is 89.8 Å². The van der Waals surface area contributed by atoms with E-state index in [1.54, 1.807) is 10.9 Å². The van der Waals surface area contributed by atoms with Crippen molar-refractivity contribution in [3.63, 3.8) is 0 Å². The average Bonchev–Trinajstić information content (AvgIpc) is 3.24. The van der Waals surface area contributed by atoms with Crippen LogP contribution in [-0.2, 0) is 0 Å². The van der Waals surface area contributed by atoms with Gasteiger partial charge in [-0.1, -0.05) is 115 Å².